The molecule has 6 heteroatoms. The Morgan fingerprint density at radius 2 is 2.08 bits per heavy atom. The highest BCUT2D eigenvalue weighted by atomic mass is 16.5. The molecule has 0 spiro atoms. The standard InChI is InChI=1S/C18H16N2O4/c1-12-8-16(9-17(21)23-12)24-15-6-7-20(11-15)18(22)14-4-2-13(10-19)3-5-14/h2-5,8-9,15H,6-7,11H2,1H3. The van der Waals surface area contributed by atoms with Crippen molar-refractivity contribution in [1.29, 1.82) is 5.26 Å². The second-order valence-corrected chi connectivity index (χ2v) is 5.69. The number of hydrogen-bond acceptors (Lipinski definition) is 5. The Balaban J connectivity index is 1.65. The zero-order chi connectivity index (χ0) is 17.1. The molecule has 1 unspecified atom stereocenters. The quantitative estimate of drug-likeness (QED) is 0.863. The van der Waals surface area contributed by atoms with Crippen LogP contribution in [0.4, 0.5) is 0 Å². The molecule has 1 aromatic heterocycles. The Morgan fingerprint density at radius 1 is 1.33 bits per heavy atom. The smallest absolute Gasteiger partial charge is 0.339 e. The molecule has 2 aromatic rings. The molecular formula is C18H16N2O4. The molecule has 2 heterocycles. The lowest BCUT2D eigenvalue weighted by Gasteiger charge is -2.17. The van der Waals surface area contributed by atoms with Crippen molar-refractivity contribution in [2.75, 3.05) is 13.1 Å². The summed E-state index contributed by atoms with van der Waals surface area (Å²) in [6.45, 7) is 2.73. The maximum atomic E-state index is 12.5. The number of benzene rings is 1. The summed E-state index contributed by atoms with van der Waals surface area (Å²) in [5.74, 6) is 0.858. The van der Waals surface area contributed by atoms with E-state index in [1.54, 1.807) is 42.2 Å². The minimum absolute atomic E-state index is 0.0886. The first-order valence-electron chi connectivity index (χ1n) is 7.63. The van der Waals surface area contributed by atoms with Gasteiger partial charge < -0.3 is 14.1 Å². The van der Waals surface area contributed by atoms with E-state index in [0.29, 0.717) is 42.1 Å². The van der Waals surface area contributed by atoms with Gasteiger partial charge in [-0.1, -0.05) is 0 Å². The molecule has 0 bridgehead atoms. The van der Waals surface area contributed by atoms with Crippen LogP contribution >= 0.6 is 0 Å². The van der Waals surface area contributed by atoms with E-state index >= 15 is 0 Å². The number of amides is 1. The third kappa shape index (κ3) is 3.46. The van der Waals surface area contributed by atoms with Gasteiger partial charge in [0.2, 0.25) is 0 Å². The molecule has 0 aliphatic carbocycles. The number of likely N-dealkylation sites (tertiary alicyclic amines) is 1. The lowest BCUT2D eigenvalue weighted by molar-refractivity contribution is 0.0772. The lowest BCUT2D eigenvalue weighted by atomic mass is 10.1. The first-order valence-corrected chi connectivity index (χ1v) is 7.63. The molecule has 0 N–H and O–H groups in total. The lowest BCUT2D eigenvalue weighted by Crippen LogP contribution is -2.31. The molecule has 0 radical (unpaired) electrons. The molecule has 1 aliphatic heterocycles. The first-order chi connectivity index (χ1) is 11.5. The third-order valence-electron chi connectivity index (χ3n) is 3.86. The van der Waals surface area contributed by atoms with Gasteiger partial charge in [-0.3, -0.25) is 4.79 Å². The van der Waals surface area contributed by atoms with E-state index in [2.05, 4.69) is 0 Å². The van der Waals surface area contributed by atoms with Gasteiger partial charge in [0.05, 0.1) is 24.2 Å². The highest BCUT2D eigenvalue weighted by Crippen LogP contribution is 2.20. The van der Waals surface area contributed by atoms with Gasteiger partial charge in [-0.2, -0.15) is 5.26 Å². The zero-order valence-corrected chi connectivity index (χ0v) is 13.2. The minimum atomic E-state index is -0.450. The van der Waals surface area contributed by atoms with Crippen molar-refractivity contribution in [2.24, 2.45) is 0 Å². The van der Waals surface area contributed by atoms with Crippen LogP contribution in [0.2, 0.25) is 0 Å². The first kappa shape index (κ1) is 15.8. The molecule has 3 rings (SSSR count). The molecule has 1 aromatic carbocycles. The molecule has 1 amide bonds. The van der Waals surface area contributed by atoms with Crippen molar-refractivity contribution in [3.8, 4) is 11.8 Å². The number of aryl methyl sites for hydroxylation is 1. The molecule has 1 atom stereocenters. The van der Waals surface area contributed by atoms with Crippen molar-refractivity contribution in [3.63, 3.8) is 0 Å². The van der Waals surface area contributed by atoms with E-state index in [0.717, 1.165) is 0 Å². The molecule has 122 valence electrons. The van der Waals surface area contributed by atoms with E-state index in [9.17, 15) is 9.59 Å². The normalized spacial score (nSPS) is 16.7. The van der Waals surface area contributed by atoms with Crippen molar-refractivity contribution < 1.29 is 13.9 Å². The van der Waals surface area contributed by atoms with Gasteiger partial charge in [-0.05, 0) is 31.2 Å². The third-order valence-corrected chi connectivity index (χ3v) is 3.86. The van der Waals surface area contributed by atoms with Crippen molar-refractivity contribution in [2.45, 2.75) is 19.4 Å². The Kier molecular flexibility index (Phi) is 4.34. The summed E-state index contributed by atoms with van der Waals surface area (Å²) in [7, 11) is 0. The summed E-state index contributed by atoms with van der Waals surface area (Å²) in [6.07, 6.45) is 0.537. The number of nitrogens with zero attached hydrogens (tertiary/aromatic N) is 2. The monoisotopic (exact) mass is 324 g/mol. The number of carbonyl (C=O) groups excluding carboxylic acids is 1. The predicted octanol–water partition coefficient (Wildman–Crippen LogP) is 2.11. The van der Waals surface area contributed by atoms with Gasteiger partial charge in [0, 0.05) is 24.6 Å². The molecule has 1 aliphatic rings. The van der Waals surface area contributed by atoms with Crippen LogP contribution in [0.1, 0.15) is 28.1 Å². The van der Waals surface area contributed by atoms with E-state index in [1.165, 1.54) is 6.07 Å². The summed E-state index contributed by atoms with van der Waals surface area (Å²) in [4.78, 5) is 25.5. The fraction of sp³-hybridized carbons (Fsp3) is 0.278. The highest BCUT2D eigenvalue weighted by Gasteiger charge is 2.28. The Labute approximate surface area is 138 Å². The van der Waals surface area contributed by atoms with Gasteiger partial charge in [0.25, 0.3) is 5.91 Å². The summed E-state index contributed by atoms with van der Waals surface area (Å²) in [6, 6.07) is 11.6. The van der Waals surface area contributed by atoms with Crippen LogP contribution in [0.3, 0.4) is 0 Å². The van der Waals surface area contributed by atoms with Crippen LogP contribution in [0.15, 0.2) is 45.6 Å². The Morgan fingerprint density at radius 3 is 2.75 bits per heavy atom. The SMILES string of the molecule is Cc1cc(OC2CCN(C(=O)c3ccc(C#N)cc3)C2)cc(=O)o1. The summed E-state index contributed by atoms with van der Waals surface area (Å²) < 4.78 is 10.7. The molecule has 1 saturated heterocycles. The predicted molar refractivity (Wildman–Crippen MR) is 85.8 cm³/mol. The van der Waals surface area contributed by atoms with Gasteiger partial charge in [0.15, 0.2) is 0 Å². The average molecular weight is 324 g/mol. The topological polar surface area (TPSA) is 83.5 Å². The fourth-order valence-corrected chi connectivity index (χ4v) is 2.72. The summed E-state index contributed by atoms with van der Waals surface area (Å²) in [5.41, 5.74) is 0.617. The van der Waals surface area contributed by atoms with E-state index in [-0.39, 0.29) is 12.0 Å². The Bertz CT molecular complexity index is 849. The number of nitriles is 1. The van der Waals surface area contributed by atoms with Crippen LogP contribution in [-0.2, 0) is 0 Å². The maximum absolute atomic E-state index is 12.5. The van der Waals surface area contributed by atoms with Crippen LogP contribution in [0.25, 0.3) is 0 Å². The van der Waals surface area contributed by atoms with Crippen LogP contribution in [0.5, 0.6) is 5.75 Å². The second-order valence-electron chi connectivity index (χ2n) is 5.69. The van der Waals surface area contributed by atoms with Crippen molar-refractivity contribution in [1.82, 2.24) is 4.90 Å². The summed E-state index contributed by atoms with van der Waals surface area (Å²) >= 11 is 0. The largest absolute Gasteiger partial charge is 0.488 e. The van der Waals surface area contributed by atoms with E-state index in [4.69, 9.17) is 14.4 Å². The molecule has 24 heavy (non-hydrogen) atoms. The molecule has 6 nitrogen and oxygen atoms in total. The van der Waals surface area contributed by atoms with E-state index < -0.39 is 5.63 Å². The maximum Gasteiger partial charge on any atom is 0.339 e. The molecular weight excluding hydrogens is 308 g/mol. The molecule has 0 saturated carbocycles. The number of ether oxygens (including phenoxy) is 1. The number of rotatable bonds is 3. The van der Waals surface area contributed by atoms with Gasteiger partial charge in [-0.25, -0.2) is 4.79 Å². The van der Waals surface area contributed by atoms with Gasteiger partial charge >= 0.3 is 5.63 Å². The number of hydrogen-bond donors (Lipinski definition) is 0. The summed E-state index contributed by atoms with van der Waals surface area (Å²) in [5, 5.41) is 8.80. The van der Waals surface area contributed by atoms with Gasteiger partial charge in [-0.15, -0.1) is 0 Å². The van der Waals surface area contributed by atoms with Crippen molar-refractivity contribution in [3.05, 3.63) is 63.7 Å². The fourth-order valence-electron chi connectivity index (χ4n) is 2.72. The van der Waals surface area contributed by atoms with Crippen molar-refractivity contribution >= 4 is 5.91 Å². The second kappa shape index (κ2) is 6.59. The Hall–Kier alpha value is -3.07. The van der Waals surface area contributed by atoms with E-state index in [1.807, 2.05) is 6.07 Å². The molecule has 1 fully saturated rings. The van der Waals surface area contributed by atoms with Crippen LogP contribution in [-0.4, -0.2) is 30.0 Å². The highest BCUT2D eigenvalue weighted by molar-refractivity contribution is 5.94. The number of carbonyl (C=O) groups is 1. The van der Waals surface area contributed by atoms with Gasteiger partial charge in [0.1, 0.15) is 17.6 Å². The van der Waals surface area contributed by atoms with Crippen LogP contribution in [0, 0.1) is 18.3 Å². The zero-order valence-electron chi connectivity index (χ0n) is 13.2. The minimum Gasteiger partial charge on any atom is -0.488 e. The average Bonchev–Trinajstić information content (AvgIpc) is 3.01. The van der Waals surface area contributed by atoms with Crippen LogP contribution < -0.4 is 10.4 Å².